The molecule has 0 fully saturated rings. The summed E-state index contributed by atoms with van der Waals surface area (Å²) in [6, 6.07) is 5.86. The van der Waals surface area contributed by atoms with E-state index < -0.39 is 0 Å². The number of amides is 1. The van der Waals surface area contributed by atoms with Crippen molar-refractivity contribution in [1.29, 1.82) is 0 Å². The molecule has 0 saturated carbocycles. The topological polar surface area (TPSA) is 83.8 Å². The van der Waals surface area contributed by atoms with Crippen LogP contribution in [0.2, 0.25) is 0 Å². The number of anilines is 2. The second-order valence-corrected chi connectivity index (χ2v) is 4.15. The SMILES string of the molecule is CCc1ccc(NC(=O)c2cn[nH]c2N)cc1C. The average Bonchev–Trinajstić information content (AvgIpc) is 2.76. The summed E-state index contributed by atoms with van der Waals surface area (Å²) in [5, 5.41) is 9.05. The zero-order valence-corrected chi connectivity index (χ0v) is 10.4. The Morgan fingerprint density at radius 3 is 2.83 bits per heavy atom. The van der Waals surface area contributed by atoms with Crippen LogP contribution < -0.4 is 11.1 Å². The number of hydrogen-bond acceptors (Lipinski definition) is 3. The van der Waals surface area contributed by atoms with Gasteiger partial charge in [-0.2, -0.15) is 5.10 Å². The summed E-state index contributed by atoms with van der Waals surface area (Å²) in [6.07, 6.45) is 2.40. The minimum Gasteiger partial charge on any atom is -0.383 e. The molecule has 18 heavy (non-hydrogen) atoms. The highest BCUT2D eigenvalue weighted by Crippen LogP contribution is 2.17. The number of nitrogens with one attached hydrogen (secondary N) is 2. The summed E-state index contributed by atoms with van der Waals surface area (Å²) in [7, 11) is 0. The maximum atomic E-state index is 11.9. The molecule has 1 aromatic carbocycles. The van der Waals surface area contributed by atoms with Crippen molar-refractivity contribution in [2.24, 2.45) is 0 Å². The van der Waals surface area contributed by atoms with Gasteiger partial charge in [0.25, 0.3) is 5.91 Å². The van der Waals surface area contributed by atoms with Gasteiger partial charge in [0.1, 0.15) is 11.4 Å². The molecule has 0 bridgehead atoms. The molecule has 0 saturated heterocycles. The number of hydrogen-bond donors (Lipinski definition) is 3. The number of nitrogens with zero attached hydrogens (tertiary/aromatic N) is 1. The molecular weight excluding hydrogens is 228 g/mol. The minimum absolute atomic E-state index is 0.259. The van der Waals surface area contributed by atoms with Crippen LogP contribution in [0.1, 0.15) is 28.4 Å². The van der Waals surface area contributed by atoms with Gasteiger partial charge in [0.15, 0.2) is 0 Å². The van der Waals surface area contributed by atoms with Crippen molar-refractivity contribution in [2.75, 3.05) is 11.1 Å². The van der Waals surface area contributed by atoms with Crippen LogP contribution in [0.25, 0.3) is 0 Å². The van der Waals surface area contributed by atoms with Crippen LogP contribution in [0.5, 0.6) is 0 Å². The number of nitrogen functional groups attached to an aromatic ring is 1. The normalized spacial score (nSPS) is 10.3. The molecule has 4 N–H and O–H groups in total. The monoisotopic (exact) mass is 244 g/mol. The molecule has 1 amide bonds. The standard InChI is InChI=1S/C13H16N4O/c1-3-9-4-5-10(6-8(9)2)16-13(18)11-7-15-17-12(11)14/h4-7H,3H2,1-2H3,(H,16,18)(H3,14,15,17). The Balaban J connectivity index is 2.17. The van der Waals surface area contributed by atoms with E-state index in [0.717, 1.165) is 17.7 Å². The summed E-state index contributed by atoms with van der Waals surface area (Å²) >= 11 is 0. The molecule has 0 aliphatic carbocycles. The van der Waals surface area contributed by atoms with E-state index in [-0.39, 0.29) is 11.7 Å². The Bertz CT molecular complexity index is 574. The number of aromatic amines is 1. The van der Waals surface area contributed by atoms with E-state index in [9.17, 15) is 4.79 Å². The summed E-state index contributed by atoms with van der Waals surface area (Å²) in [5.74, 6) is 0.0132. The number of nitrogens with two attached hydrogens (primary N) is 1. The van der Waals surface area contributed by atoms with Crippen molar-refractivity contribution in [3.63, 3.8) is 0 Å². The molecule has 2 aromatic rings. The van der Waals surface area contributed by atoms with Crippen LogP contribution in [0.4, 0.5) is 11.5 Å². The molecule has 5 nitrogen and oxygen atoms in total. The van der Waals surface area contributed by atoms with Crippen molar-refractivity contribution in [1.82, 2.24) is 10.2 Å². The fourth-order valence-corrected chi connectivity index (χ4v) is 1.85. The van der Waals surface area contributed by atoms with Gasteiger partial charge in [-0.05, 0) is 36.6 Å². The molecule has 0 aliphatic rings. The van der Waals surface area contributed by atoms with Gasteiger partial charge in [-0.1, -0.05) is 13.0 Å². The smallest absolute Gasteiger partial charge is 0.261 e. The molecule has 0 aliphatic heterocycles. The fourth-order valence-electron chi connectivity index (χ4n) is 1.85. The van der Waals surface area contributed by atoms with Crippen LogP contribution in [0.15, 0.2) is 24.4 Å². The fraction of sp³-hybridized carbons (Fsp3) is 0.231. The lowest BCUT2D eigenvalue weighted by atomic mass is 10.1. The van der Waals surface area contributed by atoms with E-state index in [4.69, 9.17) is 5.73 Å². The third kappa shape index (κ3) is 2.34. The molecule has 2 rings (SSSR count). The molecular formula is C13H16N4O. The summed E-state index contributed by atoms with van der Waals surface area (Å²) in [5.41, 5.74) is 9.14. The van der Waals surface area contributed by atoms with Crippen molar-refractivity contribution < 1.29 is 4.79 Å². The van der Waals surface area contributed by atoms with Gasteiger partial charge in [-0.15, -0.1) is 0 Å². The Labute approximate surface area is 105 Å². The Hall–Kier alpha value is -2.30. The minimum atomic E-state index is -0.259. The van der Waals surface area contributed by atoms with Crippen molar-refractivity contribution >= 4 is 17.4 Å². The largest absolute Gasteiger partial charge is 0.383 e. The second kappa shape index (κ2) is 4.91. The molecule has 0 atom stereocenters. The van der Waals surface area contributed by atoms with Crippen LogP contribution in [-0.4, -0.2) is 16.1 Å². The quantitative estimate of drug-likeness (QED) is 0.773. The van der Waals surface area contributed by atoms with Gasteiger partial charge in [-0.25, -0.2) is 0 Å². The molecule has 0 spiro atoms. The molecule has 94 valence electrons. The number of carbonyl (C=O) groups is 1. The van der Waals surface area contributed by atoms with E-state index in [1.165, 1.54) is 11.8 Å². The van der Waals surface area contributed by atoms with E-state index in [0.29, 0.717) is 5.56 Å². The number of carbonyl (C=O) groups excluding carboxylic acids is 1. The molecule has 1 aromatic heterocycles. The third-order valence-electron chi connectivity index (χ3n) is 2.89. The molecule has 0 unspecified atom stereocenters. The van der Waals surface area contributed by atoms with Crippen LogP contribution in [-0.2, 0) is 6.42 Å². The van der Waals surface area contributed by atoms with E-state index in [2.05, 4.69) is 22.4 Å². The highest BCUT2D eigenvalue weighted by Gasteiger charge is 2.11. The maximum Gasteiger partial charge on any atom is 0.261 e. The Morgan fingerprint density at radius 2 is 2.28 bits per heavy atom. The Kier molecular flexibility index (Phi) is 3.32. The number of benzene rings is 1. The lowest BCUT2D eigenvalue weighted by molar-refractivity contribution is 0.102. The first-order valence-electron chi connectivity index (χ1n) is 5.81. The lowest BCUT2D eigenvalue weighted by Crippen LogP contribution is -2.13. The number of H-pyrrole nitrogens is 1. The van der Waals surface area contributed by atoms with Gasteiger partial charge in [0, 0.05) is 5.69 Å². The van der Waals surface area contributed by atoms with Gasteiger partial charge >= 0.3 is 0 Å². The van der Waals surface area contributed by atoms with Crippen LogP contribution >= 0.6 is 0 Å². The Morgan fingerprint density at radius 1 is 1.50 bits per heavy atom. The zero-order valence-electron chi connectivity index (χ0n) is 10.4. The van der Waals surface area contributed by atoms with Crippen molar-refractivity contribution in [3.8, 4) is 0 Å². The summed E-state index contributed by atoms with van der Waals surface area (Å²) < 4.78 is 0. The predicted molar refractivity (Wildman–Crippen MR) is 71.5 cm³/mol. The van der Waals surface area contributed by atoms with Gasteiger partial charge in [-0.3, -0.25) is 9.89 Å². The highest BCUT2D eigenvalue weighted by molar-refractivity contribution is 6.07. The molecule has 0 radical (unpaired) electrons. The predicted octanol–water partition coefficient (Wildman–Crippen LogP) is 2.12. The first-order valence-corrected chi connectivity index (χ1v) is 5.81. The van der Waals surface area contributed by atoms with Crippen LogP contribution in [0, 0.1) is 6.92 Å². The average molecular weight is 244 g/mol. The maximum absolute atomic E-state index is 11.9. The molecule has 1 heterocycles. The highest BCUT2D eigenvalue weighted by atomic mass is 16.1. The zero-order chi connectivity index (χ0) is 13.1. The first kappa shape index (κ1) is 12.2. The first-order chi connectivity index (χ1) is 8.61. The summed E-state index contributed by atoms with van der Waals surface area (Å²) in [6.45, 7) is 4.13. The lowest BCUT2D eigenvalue weighted by Gasteiger charge is -2.08. The number of aryl methyl sites for hydroxylation is 2. The third-order valence-corrected chi connectivity index (χ3v) is 2.89. The van der Waals surface area contributed by atoms with Gasteiger partial charge < -0.3 is 11.1 Å². The van der Waals surface area contributed by atoms with Crippen molar-refractivity contribution in [3.05, 3.63) is 41.1 Å². The van der Waals surface area contributed by atoms with Crippen molar-refractivity contribution in [2.45, 2.75) is 20.3 Å². The molecule has 5 heteroatoms. The summed E-state index contributed by atoms with van der Waals surface area (Å²) in [4.78, 5) is 11.9. The second-order valence-electron chi connectivity index (χ2n) is 4.15. The number of aromatic nitrogens is 2. The van der Waals surface area contributed by atoms with E-state index in [1.807, 2.05) is 25.1 Å². The van der Waals surface area contributed by atoms with E-state index in [1.54, 1.807) is 0 Å². The van der Waals surface area contributed by atoms with Gasteiger partial charge in [0.2, 0.25) is 0 Å². The number of rotatable bonds is 3. The van der Waals surface area contributed by atoms with E-state index >= 15 is 0 Å². The van der Waals surface area contributed by atoms with Gasteiger partial charge in [0.05, 0.1) is 6.20 Å². The van der Waals surface area contributed by atoms with Crippen LogP contribution in [0.3, 0.4) is 0 Å².